The fourth-order valence-electron chi connectivity index (χ4n) is 3.38. The van der Waals surface area contributed by atoms with Crippen LogP contribution in [-0.4, -0.2) is 62.6 Å². The van der Waals surface area contributed by atoms with Gasteiger partial charge in [0.1, 0.15) is 5.82 Å². The van der Waals surface area contributed by atoms with Gasteiger partial charge in [-0.3, -0.25) is 14.3 Å². The molecule has 0 spiro atoms. The topological polar surface area (TPSA) is 96.2 Å². The van der Waals surface area contributed by atoms with E-state index in [0.29, 0.717) is 43.6 Å². The summed E-state index contributed by atoms with van der Waals surface area (Å²) in [6.45, 7) is 2.43. The average molecular weight is 405 g/mol. The van der Waals surface area contributed by atoms with Crippen molar-refractivity contribution < 1.29 is 9.59 Å². The van der Waals surface area contributed by atoms with Gasteiger partial charge in [0.15, 0.2) is 5.69 Å². The first-order valence-corrected chi connectivity index (χ1v) is 9.79. The van der Waals surface area contributed by atoms with E-state index in [1.165, 1.54) is 4.68 Å². The molecule has 0 atom stereocenters. The summed E-state index contributed by atoms with van der Waals surface area (Å²) in [4.78, 5) is 37.5. The highest BCUT2D eigenvalue weighted by Crippen LogP contribution is 2.15. The lowest BCUT2D eigenvalue weighted by Gasteiger charge is -2.34. The molecule has 154 valence electrons. The number of nitrogens with zero attached hydrogens (tertiary/aromatic N) is 6. The largest absolute Gasteiger partial charge is 0.337 e. The Labute approximate surface area is 174 Å². The average Bonchev–Trinajstić information content (AvgIpc) is 3.14. The molecular formula is C21H23N7O2. The number of anilines is 2. The van der Waals surface area contributed by atoms with Gasteiger partial charge in [0.25, 0.3) is 5.91 Å². The van der Waals surface area contributed by atoms with E-state index in [0.717, 1.165) is 5.56 Å². The van der Waals surface area contributed by atoms with Gasteiger partial charge in [0.05, 0.1) is 6.42 Å². The third-order valence-corrected chi connectivity index (χ3v) is 4.98. The van der Waals surface area contributed by atoms with Crippen molar-refractivity contribution in [3.8, 4) is 0 Å². The second-order valence-electron chi connectivity index (χ2n) is 7.08. The SMILES string of the molecule is Cn1nc(C(=O)N2CCN(c3ncccn3)CC2)cc1NC(=O)Cc1ccccc1. The molecule has 9 nitrogen and oxygen atoms in total. The molecule has 3 aromatic rings. The third kappa shape index (κ3) is 4.45. The van der Waals surface area contributed by atoms with Gasteiger partial charge in [0.2, 0.25) is 11.9 Å². The lowest BCUT2D eigenvalue weighted by Crippen LogP contribution is -2.49. The van der Waals surface area contributed by atoms with Crippen molar-refractivity contribution in [1.82, 2.24) is 24.6 Å². The maximum Gasteiger partial charge on any atom is 0.274 e. The van der Waals surface area contributed by atoms with Crippen LogP contribution in [0.25, 0.3) is 0 Å². The van der Waals surface area contributed by atoms with Crippen LogP contribution in [0.2, 0.25) is 0 Å². The highest BCUT2D eigenvalue weighted by Gasteiger charge is 2.25. The summed E-state index contributed by atoms with van der Waals surface area (Å²) < 4.78 is 1.52. The molecule has 9 heteroatoms. The van der Waals surface area contributed by atoms with Gasteiger partial charge in [-0.15, -0.1) is 0 Å². The lowest BCUT2D eigenvalue weighted by molar-refractivity contribution is -0.115. The molecule has 0 aliphatic carbocycles. The Morgan fingerprint density at radius 2 is 1.70 bits per heavy atom. The van der Waals surface area contributed by atoms with Crippen molar-refractivity contribution in [1.29, 1.82) is 0 Å². The molecule has 2 aromatic heterocycles. The zero-order valence-corrected chi connectivity index (χ0v) is 16.7. The molecule has 0 saturated carbocycles. The smallest absolute Gasteiger partial charge is 0.274 e. The van der Waals surface area contributed by atoms with Crippen LogP contribution < -0.4 is 10.2 Å². The molecule has 30 heavy (non-hydrogen) atoms. The number of carbonyl (C=O) groups excluding carboxylic acids is 2. The van der Waals surface area contributed by atoms with Crippen molar-refractivity contribution in [3.05, 3.63) is 66.1 Å². The fourth-order valence-corrected chi connectivity index (χ4v) is 3.38. The molecule has 1 saturated heterocycles. The molecule has 1 aliphatic heterocycles. The minimum atomic E-state index is -0.153. The predicted octanol–water partition coefficient (Wildman–Crippen LogP) is 1.35. The van der Waals surface area contributed by atoms with Crippen molar-refractivity contribution in [2.75, 3.05) is 36.4 Å². The van der Waals surface area contributed by atoms with Gasteiger partial charge in [-0.05, 0) is 11.6 Å². The first-order chi connectivity index (χ1) is 14.6. The predicted molar refractivity (Wildman–Crippen MR) is 112 cm³/mol. The number of nitrogens with one attached hydrogen (secondary N) is 1. The zero-order valence-electron chi connectivity index (χ0n) is 16.7. The van der Waals surface area contributed by atoms with Crippen molar-refractivity contribution in [2.24, 2.45) is 7.05 Å². The van der Waals surface area contributed by atoms with E-state index in [9.17, 15) is 9.59 Å². The molecule has 1 aliphatic rings. The van der Waals surface area contributed by atoms with Crippen LogP contribution in [0, 0.1) is 0 Å². The summed E-state index contributed by atoms with van der Waals surface area (Å²) in [6.07, 6.45) is 3.68. The van der Waals surface area contributed by atoms with Crippen molar-refractivity contribution >= 4 is 23.6 Å². The van der Waals surface area contributed by atoms with E-state index < -0.39 is 0 Å². The minimum Gasteiger partial charge on any atom is -0.337 e. The van der Waals surface area contributed by atoms with E-state index in [-0.39, 0.29) is 18.2 Å². The molecule has 0 radical (unpaired) electrons. The standard InChI is InChI=1S/C21H23N7O2/c1-26-18(24-19(29)14-16-6-3-2-4-7-16)15-17(25-26)20(30)27-10-12-28(13-11-27)21-22-8-5-9-23-21/h2-9,15H,10-14H2,1H3,(H,24,29). The molecule has 0 bridgehead atoms. The normalized spacial score (nSPS) is 13.9. The monoisotopic (exact) mass is 405 g/mol. The molecule has 1 fully saturated rings. The van der Waals surface area contributed by atoms with Crippen LogP contribution in [0.4, 0.5) is 11.8 Å². The van der Waals surface area contributed by atoms with Crippen LogP contribution in [0.3, 0.4) is 0 Å². The van der Waals surface area contributed by atoms with E-state index in [1.54, 1.807) is 36.5 Å². The van der Waals surface area contributed by atoms with Crippen LogP contribution >= 0.6 is 0 Å². The summed E-state index contributed by atoms with van der Waals surface area (Å²) >= 11 is 0. The van der Waals surface area contributed by atoms with Crippen molar-refractivity contribution in [2.45, 2.75) is 6.42 Å². The molecular weight excluding hydrogens is 382 g/mol. The zero-order chi connectivity index (χ0) is 20.9. The minimum absolute atomic E-state index is 0.150. The fraction of sp³-hybridized carbons (Fsp3) is 0.286. The second-order valence-corrected chi connectivity index (χ2v) is 7.08. The Bertz CT molecular complexity index is 1010. The van der Waals surface area contributed by atoms with E-state index in [4.69, 9.17) is 0 Å². The third-order valence-electron chi connectivity index (χ3n) is 4.98. The number of hydrogen-bond donors (Lipinski definition) is 1. The second kappa shape index (κ2) is 8.73. The van der Waals surface area contributed by atoms with Gasteiger partial charge in [-0.25, -0.2) is 9.97 Å². The Balaban J connectivity index is 1.36. The molecule has 1 aromatic carbocycles. The van der Waals surface area contributed by atoms with Crippen LogP contribution in [-0.2, 0) is 18.3 Å². The number of benzene rings is 1. The molecule has 3 heterocycles. The number of rotatable bonds is 5. The highest BCUT2D eigenvalue weighted by molar-refractivity contribution is 5.96. The van der Waals surface area contributed by atoms with Gasteiger partial charge in [-0.1, -0.05) is 30.3 Å². The van der Waals surface area contributed by atoms with Gasteiger partial charge in [-0.2, -0.15) is 5.10 Å². The summed E-state index contributed by atoms with van der Waals surface area (Å²) in [5.41, 5.74) is 1.24. The first-order valence-electron chi connectivity index (χ1n) is 9.79. The highest BCUT2D eigenvalue weighted by atomic mass is 16.2. The number of piperazine rings is 1. The summed E-state index contributed by atoms with van der Waals surface area (Å²) in [5, 5.41) is 7.13. The number of hydrogen-bond acceptors (Lipinski definition) is 6. The lowest BCUT2D eigenvalue weighted by atomic mass is 10.1. The molecule has 0 unspecified atom stereocenters. The quantitative estimate of drug-likeness (QED) is 0.688. The number of amides is 2. The molecule has 1 N–H and O–H groups in total. The van der Waals surface area contributed by atoms with Crippen LogP contribution in [0.5, 0.6) is 0 Å². The Hall–Kier alpha value is -3.75. The number of aromatic nitrogens is 4. The maximum absolute atomic E-state index is 12.9. The summed E-state index contributed by atoms with van der Waals surface area (Å²) in [7, 11) is 1.71. The first kappa shape index (κ1) is 19.6. The maximum atomic E-state index is 12.9. The number of aryl methyl sites for hydroxylation is 1. The van der Waals surface area contributed by atoms with Crippen LogP contribution in [0.15, 0.2) is 54.9 Å². The van der Waals surface area contributed by atoms with E-state index in [1.807, 2.05) is 30.3 Å². The van der Waals surface area contributed by atoms with E-state index >= 15 is 0 Å². The van der Waals surface area contributed by atoms with Gasteiger partial charge >= 0.3 is 0 Å². The van der Waals surface area contributed by atoms with Crippen LogP contribution in [0.1, 0.15) is 16.1 Å². The van der Waals surface area contributed by atoms with E-state index in [2.05, 4.69) is 25.3 Å². The van der Waals surface area contributed by atoms with Gasteiger partial charge < -0.3 is 15.1 Å². The Morgan fingerprint density at radius 1 is 1.00 bits per heavy atom. The Kier molecular flexibility index (Phi) is 5.69. The summed E-state index contributed by atoms with van der Waals surface area (Å²) in [5.74, 6) is 0.865. The van der Waals surface area contributed by atoms with Gasteiger partial charge in [0, 0.05) is 51.7 Å². The number of carbonyl (C=O) groups is 2. The molecule has 4 rings (SSSR count). The van der Waals surface area contributed by atoms with Crippen molar-refractivity contribution in [3.63, 3.8) is 0 Å². The molecule has 2 amide bonds. The summed E-state index contributed by atoms with van der Waals surface area (Å²) in [6, 6.07) is 12.9. The Morgan fingerprint density at radius 3 is 2.40 bits per heavy atom.